The molecule has 250 valence electrons. The topological polar surface area (TPSA) is 125 Å². The van der Waals surface area contributed by atoms with Gasteiger partial charge in [0.15, 0.2) is 5.13 Å². The molecule has 9 rings (SSSR count). The minimum Gasteiger partial charge on any atom is -0.475 e. The third-order valence-electron chi connectivity index (χ3n) is 11.1. The van der Waals surface area contributed by atoms with Gasteiger partial charge >= 0.3 is 0 Å². The Hall–Kier alpha value is -3.93. The Labute approximate surface area is 278 Å². The zero-order valence-electron chi connectivity index (χ0n) is 26.4. The largest absolute Gasteiger partial charge is 0.475 e. The van der Waals surface area contributed by atoms with E-state index in [0.29, 0.717) is 36.9 Å². The highest BCUT2D eigenvalue weighted by molar-refractivity contribution is 7.22. The quantitative estimate of drug-likeness (QED) is 0.289. The molecule has 3 aromatic heterocycles. The second-order valence-corrected chi connectivity index (χ2v) is 15.5. The molecule has 0 spiro atoms. The summed E-state index contributed by atoms with van der Waals surface area (Å²) in [6, 6.07) is 5.52. The molecule has 1 aliphatic carbocycles. The first kappa shape index (κ1) is 30.2. The highest BCUT2D eigenvalue weighted by atomic mass is 32.1. The van der Waals surface area contributed by atoms with Gasteiger partial charge in [0.05, 0.1) is 38.0 Å². The van der Waals surface area contributed by atoms with E-state index < -0.39 is 29.8 Å². The van der Waals surface area contributed by atoms with Crippen molar-refractivity contribution in [2.45, 2.75) is 75.0 Å². The van der Waals surface area contributed by atoms with Crippen LogP contribution in [0.3, 0.4) is 0 Å². The number of hydrogen-bond acceptors (Lipinski definition) is 10. The van der Waals surface area contributed by atoms with Gasteiger partial charge in [0.25, 0.3) is 11.5 Å². The molecule has 10 nitrogen and oxygen atoms in total. The fourth-order valence-electron chi connectivity index (χ4n) is 9.03. The summed E-state index contributed by atoms with van der Waals surface area (Å²) in [5.74, 6) is -3.00. The van der Waals surface area contributed by atoms with Crippen LogP contribution in [0, 0.1) is 23.1 Å². The molecule has 14 heteroatoms. The van der Waals surface area contributed by atoms with Crippen molar-refractivity contribution >= 4 is 43.3 Å². The number of nitrogens with one attached hydrogen (secondary N) is 1. The molecule has 7 heterocycles. The Balaban J connectivity index is 1.28. The van der Waals surface area contributed by atoms with Gasteiger partial charge in [-0.3, -0.25) is 14.3 Å². The van der Waals surface area contributed by atoms with Crippen molar-refractivity contribution in [2.75, 3.05) is 43.4 Å². The SMILES string of the molecule is C[C@H]1CN2CCC[C@@]2(COc2nc3cc(-c4ccc(F)c5sc(N)nc45)n(C4CC4(F)F)c(=O)c3c(N3CC4CCC(C3)N4)c2C#N)C1. The number of thiazole rings is 1. The van der Waals surface area contributed by atoms with E-state index in [9.17, 15) is 23.2 Å². The second-order valence-electron chi connectivity index (χ2n) is 14.4. The van der Waals surface area contributed by atoms with Crippen LogP contribution in [0.1, 0.15) is 57.1 Å². The van der Waals surface area contributed by atoms with Gasteiger partial charge in [0, 0.05) is 43.7 Å². The average Bonchev–Trinajstić information content (AvgIpc) is 3.48. The molecular formula is C34H35F3N8O2S. The summed E-state index contributed by atoms with van der Waals surface area (Å²) in [4.78, 5) is 28.4. The average molecular weight is 677 g/mol. The van der Waals surface area contributed by atoms with E-state index >= 15 is 0 Å². The molecule has 4 aromatic rings. The summed E-state index contributed by atoms with van der Waals surface area (Å²) in [5.41, 5.74) is 6.54. The van der Waals surface area contributed by atoms with Crippen molar-refractivity contribution in [2.24, 2.45) is 5.92 Å². The van der Waals surface area contributed by atoms with Crippen molar-refractivity contribution in [3.05, 3.63) is 39.9 Å². The molecule has 5 fully saturated rings. The number of hydrogen-bond donors (Lipinski definition) is 2. The number of aromatic nitrogens is 3. The van der Waals surface area contributed by atoms with Gasteiger partial charge in [-0.25, -0.2) is 23.1 Å². The normalized spacial score (nSPS) is 29.1. The number of alkyl halides is 2. The summed E-state index contributed by atoms with van der Waals surface area (Å²) >= 11 is 0.954. The number of benzene rings is 1. The molecule has 0 radical (unpaired) electrons. The number of nitrogens with two attached hydrogens (primary N) is 1. The van der Waals surface area contributed by atoms with Crippen molar-refractivity contribution in [1.29, 1.82) is 5.26 Å². The summed E-state index contributed by atoms with van der Waals surface area (Å²) in [7, 11) is 0. The maximum atomic E-state index is 14.9. The predicted molar refractivity (Wildman–Crippen MR) is 177 cm³/mol. The number of rotatable bonds is 6. The van der Waals surface area contributed by atoms with Gasteiger partial charge in [-0.2, -0.15) is 5.26 Å². The minimum absolute atomic E-state index is 0.109. The van der Waals surface area contributed by atoms with Crippen molar-refractivity contribution in [3.63, 3.8) is 0 Å². The fraction of sp³-hybridized carbons (Fsp3) is 0.529. The zero-order chi connectivity index (χ0) is 33.1. The number of pyridine rings is 2. The minimum atomic E-state index is -3.11. The molecule has 1 aromatic carbocycles. The maximum Gasteiger partial charge on any atom is 0.270 e. The molecule has 5 atom stereocenters. The van der Waals surface area contributed by atoms with E-state index in [0.717, 1.165) is 61.1 Å². The summed E-state index contributed by atoms with van der Waals surface area (Å²) in [6.07, 6.45) is 4.46. The van der Waals surface area contributed by atoms with Gasteiger partial charge in [-0.05, 0) is 62.8 Å². The Kier molecular flexibility index (Phi) is 6.62. The Morgan fingerprint density at radius 3 is 2.69 bits per heavy atom. The first-order valence-corrected chi connectivity index (χ1v) is 17.5. The fourth-order valence-corrected chi connectivity index (χ4v) is 9.80. The summed E-state index contributed by atoms with van der Waals surface area (Å²) in [5, 5.41) is 14.5. The number of anilines is 2. The van der Waals surface area contributed by atoms with Crippen LogP contribution in [0.25, 0.3) is 32.4 Å². The van der Waals surface area contributed by atoms with E-state index in [1.807, 2.05) is 4.90 Å². The van der Waals surface area contributed by atoms with Crippen LogP contribution < -0.4 is 26.2 Å². The van der Waals surface area contributed by atoms with Crippen LogP contribution in [0.5, 0.6) is 5.88 Å². The first-order chi connectivity index (χ1) is 23.0. The van der Waals surface area contributed by atoms with Crippen LogP contribution >= 0.6 is 11.3 Å². The van der Waals surface area contributed by atoms with Crippen LogP contribution in [-0.4, -0.2) is 75.8 Å². The summed E-state index contributed by atoms with van der Waals surface area (Å²) < 4.78 is 52.6. The van der Waals surface area contributed by atoms with Crippen LogP contribution in [-0.2, 0) is 0 Å². The van der Waals surface area contributed by atoms with E-state index in [1.54, 1.807) is 6.07 Å². The van der Waals surface area contributed by atoms with Gasteiger partial charge < -0.3 is 20.7 Å². The zero-order valence-corrected chi connectivity index (χ0v) is 27.3. The molecule has 4 aliphatic heterocycles. The molecular weight excluding hydrogens is 641 g/mol. The monoisotopic (exact) mass is 676 g/mol. The Morgan fingerprint density at radius 1 is 1.19 bits per heavy atom. The molecule has 3 unspecified atom stereocenters. The molecule has 5 aliphatic rings. The van der Waals surface area contributed by atoms with Crippen molar-refractivity contribution < 1.29 is 17.9 Å². The molecule has 2 bridgehead atoms. The van der Waals surface area contributed by atoms with Crippen LogP contribution in [0.2, 0.25) is 0 Å². The van der Waals surface area contributed by atoms with E-state index in [1.165, 1.54) is 12.1 Å². The smallest absolute Gasteiger partial charge is 0.270 e. The molecule has 48 heavy (non-hydrogen) atoms. The lowest BCUT2D eigenvalue weighted by molar-refractivity contribution is 0.100. The van der Waals surface area contributed by atoms with Crippen molar-refractivity contribution in [3.8, 4) is 23.2 Å². The summed E-state index contributed by atoms with van der Waals surface area (Å²) in [6.45, 7) is 5.69. The lowest BCUT2D eigenvalue weighted by atomic mass is 9.91. The van der Waals surface area contributed by atoms with E-state index in [-0.39, 0.29) is 61.0 Å². The first-order valence-electron chi connectivity index (χ1n) is 16.7. The molecule has 3 N–H and O–H groups in total. The van der Waals surface area contributed by atoms with E-state index in [4.69, 9.17) is 15.5 Å². The van der Waals surface area contributed by atoms with Gasteiger partial charge in [-0.1, -0.05) is 18.3 Å². The number of nitrogens with zero attached hydrogens (tertiary/aromatic N) is 6. The third kappa shape index (κ3) is 4.54. The van der Waals surface area contributed by atoms with E-state index in [2.05, 4.69) is 28.2 Å². The maximum absolute atomic E-state index is 14.9. The Bertz CT molecular complexity index is 2100. The molecule has 0 amide bonds. The second kappa shape index (κ2) is 10.5. The third-order valence-corrected chi connectivity index (χ3v) is 12.0. The molecule has 4 saturated heterocycles. The van der Waals surface area contributed by atoms with Crippen LogP contribution in [0.15, 0.2) is 23.0 Å². The lowest BCUT2D eigenvalue weighted by Gasteiger charge is -2.36. The number of fused-ring (bicyclic) bond motifs is 5. The number of nitriles is 1. The highest BCUT2D eigenvalue weighted by Crippen LogP contribution is 2.54. The number of nitrogen functional groups attached to an aromatic ring is 1. The number of piperazine rings is 1. The van der Waals surface area contributed by atoms with Gasteiger partial charge in [0.1, 0.15) is 30.1 Å². The lowest BCUT2D eigenvalue weighted by Crippen LogP contribution is -2.51. The molecule has 1 saturated carbocycles. The van der Waals surface area contributed by atoms with Crippen molar-refractivity contribution in [1.82, 2.24) is 24.8 Å². The number of halogens is 3. The van der Waals surface area contributed by atoms with Gasteiger partial charge in [0.2, 0.25) is 5.88 Å². The predicted octanol–water partition coefficient (Wildman–Crippen LogP) is 5.04. The standard InChI is InChI=1S/C34H35F3N8O2S/c1-17-10-33(7-2-8-44(33)13-17)16-47-30-21(12-38)28(43-14-18-3-4-19(15-43)40-18)26-23(41-30)9-24(45(31(26)46)25-11-34(25,36)37)20-5-6-22(35)29-27(20)42-32(39)48-29/h5-6,9,17-19,25,40H,2-4,7-8,10-11,13-16H2,1H3,(H2,39,42)/t17-,18?,19?,25?,33+/m1/s1. The van der Waals surface area contributed by atoms with Gasteiger partial charge in [-0.15, -0.1) is 0 Å². The highest BCUT2D eigenvalue weighted by Gasteiger charge is 2.59. The van der Waals surface area contributed by atoms with Crippen LogP contribution in [0.4, 0.5) is 24.0 Å². The Morgan fingerprint density at radius 2 is 1.96 bits per heavy atom. The number of ether oxygens (including phenoxy) is 1.